The minimum atomic E-state index is -4.60. The number of hydrogen-bond acceptors (Lipinski definition) is 6. The topological polar surface area (TPSA) is 108 Å². The van der Waals surface area contributed by atoms with E-state index < -0.39 is 26.6 Å². The van der Waals surface area contributed by atoms with Gasteiger partial charge < -0.3 is 28.8 Å². The first kappa shape index (κ1) is 48.7. The molecule has 292 valence electrons. The first-order valence-electron chi connectivity index (χ1n) is 19.4. The van der Waals surface area contributed by atoms with Crippen LogP contribution in [-0.4, -0.2) is 68.5 Å². The quantitative estimate of drug-likeness (QED) is 0.0301. The molecule has 0 aliphatic rings. The summed E-state index contributed by atoms with van der Waals surface area (Å²) in [5.41, 5.74) is 0. The number of likely N-dealkylation sites (N-methyl/N-ethyl adjacent to an activating group) is 1. The molecule has 0 radical (unpaired) electrons. The molecule has 0 saturated heterocycles. The van der Waals surface area contributed by atoms with Crippen molar-refractivity contribution >= 4 is 13.7 Å². The molecule has 3 atom stereocenters. The van der Waals surface area contributed by atoms with Gasteiger partial charge >= 0.3 is 0 Å². The number of aliphatic hydroxyl groups excluding tert-OH is 1. The van der Waals surface area contributed by atoms with E-state index >= 15 is 0 Å². The third-order valence-corrected chi connectivity index (χ3v) is 8.84. The molecule has 0 rings (SSSR count). The van der Waals surface area contributed by atoms with Gasteiger partial charge in [-0.25, -0.2) is 0 Å². The normalized spacial score (nSPS) is 15.5. The van der Waals surface area contributed by atoms with Crippen LogP contribution in [0, 0.1) is 0 Å². The summed E-state index contributed by atoms with van der Waals surface area (Å²) in [5.74, 6) is -0.287. The van der Waals surface area contributed by atoms with Crippen molar-refractivity contribution in [2.45, 2.75) is 135 Å². The van der Waals surface area contributed by atoms with E-state index in [2.05, 4.69) is 79.9 Å². The van der Waals surface area contributed by atoms with Gasteiger partial charge in [0.15, 0.2) is 0 Å². The lowest BCUT2D eigenvalue weighted by Gasteiger charge is -2.29. The fraction of sp³-hybridized carbons (Fsp3) is 0.643. The Kier molecular flexibility index (Phi) is 32.0. The highest BCUT2D eigenvalue weighted by Gasteiger charge is 2.23. The number of nitrogens with one attached hydrogen (secondary N) is 1. The molecule has 0 spiro atoms. The second-order valence-corrected chi connectivity index (χ2v) is 15.3. The van der Waals surface area contributed by atoms with Crippen molar-refractivity contribution in [2.75, 3.05) is 40.9 Å². The van der Waals surface area contributed by atoms with Crippen LogP contribution in [0.4, 0.5) is 0 Å². The number of aliphatic hydroxyl groups is 1. The number of rotatable bonds is 33. The van der Waals surface area contributed by atoms with E-state index in [1.54, 1.807) is 6.08 Å². The summed E-state index contributed by atoms with van der Waals surface area (Å²) in [4.78, 5) is 25.1. The van der Waals surface area contributed by atoms with Gasteiger partial charge in [0.05, 0.1) is 39.9 Å². The third kappa shape index (κ3) is 35.9. The average molecular weight is 733 g/mol. The van der Waals surface area contributed by atoms with Gasteiger partial charge in [0.1, 0.15) is 13.2 Å². The maximum atomic E-state index is 12.7. The number of hydrogen-bond donors (Lipinski definition) is 2. The Morgan fingerprint density at radius 1 is 0.706 bits per heavy atom. The third-order valence-electron chi connectivity index (χ3n) is 7.87. The molecular formula is C42H73N2O6P. The van der Waals surface area contributed by atoms with E-state index in [0.29, 0.717) is 17.4 Å². The van der Waals surface area contributed by atoms with Gasteiger partial charge in [-0.3, -0.25) is 9.36 Å². The molecule has 3 unspecified atom stereocenters. The Balaban J connectivity index is 4.64. The number of phosphoric ester groups is 1. The van der Waals surface area contributed by atoms with Crippen molar-refractivity contribution in [3.8, 4) is 0 Å². The van der Waals surface area contributed by atoms with Crippen LogP contribution in [0.25, 0.3) is 0 Å². The van der Waals surface area contributed by atoms with Crippen LogP contribution < -0.4 is 10.2 Å². The Morgan fingerprint density at radius 3 is 1.71 bits per heavy atom. The van der Waals surface area contributed by atoms with Crippen LogP contribution in [0.3, 0.4) is 0 Å². The molecule has 0 aromatic rings. The largest absolute Gasteiger partial charge is 0.756 e. The van der Waals surface area contributed by atoms with Gasteiger partial charge in [-0.2, -0.15) is 0 Å². The Labute approximate surface area is 312 Å². The number of nitrogens with zero attached hydrogens (tertiary/aromatic N) is 1. The van der Waals surface area contributed by atoms with Crippen molar-refractivity contribution in [1.29, 1.82) is 0 Å². The number of carbonyl (C=O) groups is 1. The van der Waals surface area contributed by atoms with Crippen molar-refractivity contribution in [3.63, 3.8) is 0 Å². The standard InChI is InChI=1S/C42H73N2O6P/c1-6-8-10-12-14-16-18-19-20-21-22-23-24-25-26-28-30-32-34-36-42(46)43-40(39-50-51(47,48)49-38-37-44(3,4)5)41(45)35-33-31-29-27-17-15-13-11-9-7-2/h8,10,14,16,19-20,22-23,25-26,30,32-33,35,40-41,45H,6-7,9,11-13,15,17-18,21,24,27-29,31,34,36-39H2,1-5H3,(H-,43,46,47,48)/b10-8-,16-14-,20-19-,23-22-,26-25-,32-30-,35-33+. The van der Waals surface area contributed by atoms with Crippen molar-refractivity contribution < 1.29 is 32.9 Å². The van der Waals surface area contributed by atoms with Crippen LogP contribution in [0.2, 0.25) is 0 Å². The van der Waals surface area contributed by atoms with Crippen LogP contribution in [0.15, 0.2) is 85.1 Å². The Morgan fingerprint density at radius 2 is 1.20 bits per heavy atom. The van der Waals surface area contributed by atoms with E-state index in [1.807, 2.05) is 39.4 Å². The molecule has 51 heavy (non-hydrogen) atoms. The maximum absolute atomic E-state index is 12.7. The number of unbranched alkanes of at least 4 members (excludes halogenated alkanes) is 8. The monoisotopic (exact) mass is 733 g/mol. The fourth-order valence-corrected chi connectivity index (χ4v) is 5.48. The van der Waals surface area contributed by atoms with Gasteiger partial charge in [-0.15, -0.1) is 0 Å². The number of quaternary nitrogens is 1. The van der Waals surface area contributed by atoms with Crippen LogP contribution in [0.5, 0.6) is 0 Å². The van der Waals surface area contributed by atoms with Crippen LogP contribution >= 0.6 is 7.82 Å². The molecule has 0 aliphatic heterocycles. The minimum absolute atomic E-state index is 0.0195. The SMILES string of the molecule is CC/C=C\C/C=C\C/C=C\C/C=C\C/C=C\C/C=C\CCC(=O)NC(COP(=O)([O-])OCC[N+](C)(C)C)C(O)/C=C/CCCCCCCCCC. The fourth-order valence-electron chi connectivity index (χ4n) is 4.76. The summed E-state index contributed by atoms with van der Waals surface area (Å²) < 4.78 is 23.0. The number of phosphoric acid groups is 1. The van der Waals surface area contributed by atoms with Crippen molar-refractivity contribution in [1.82, 2.24) is 5.32 Å². The van der Waals surface area contributed by atoms with Gasteiger partial charge in [-0.1, -0.05) is 144 Å². The molecule has 0 aromatic heterocycles. The molecular weight excluding hydrogens is 659 g/mol. The first-order chi connectivity index (χ1) is 24.5. The Hall–Kier alpha value is -2.32. The van der Waals surface area contributed by atoms with E-state index in [-0.39, 0.29) is 18.9 Å². The zero-order valence-electron chi connectivity index (χ0n) is 32.8. The molecule has 0 fully saturated rings. The van der Waals surface area contributed by atoms with E-state index in [4.69, 9.17) is 9.05 Å². The van der Waals surface area contributed by atoms with Crippen molar-refractivity contribution in [3.05, 3.63) is 85.1 Å². The van der Waals surface area contributed by atoms with Crippen molar-refractivity contribution in [2.24, 2.45) is 0 Å². The number of carbonyl (C=O) groups excluding carboxylic acids is 1. The number of allylic oxidation sites excluding steroid dienone is 13. The van der Waals surface area contributed by atoms with Crippen LogP contribution in [0.1, 0.15) is 123 Å². The molecule has 1 amide bonds. The summed E-state index contributed by atoms with van der Waals surface area (Å²) >= 11 is 0. The molecule has 0 aliphatic carbocycles. The second kappa shape index (κ2) is 33.5. The summed E-state index contributed by atoms with van der Waals surface area (Å²) in [6.07, 6.45) is 45.0. The summed E-state index contributed by atoms with van der Waals surface area (Å²) in [5, 5.41) is 13.6. The highest BCUT2D eigenvalue weighted by molar-refractivity contribution is 7.45. The molecule has 8 nitrogen and oxygen atoms in total. The average Bonchev–Trinajstić information content (AvgIpc) is 3.07. The van der Waals surface area contributed by atoms with E-state index in [0.717, 1.165) is 57.8 Å². The van der Waals surface area contributed by atoms with Crippen LogP contribution in [-0.2, 0) is 18.4 Å². The lowest BCUT2D eigenvalue weighted by molar-refractivity contribution is -0.870. The maximum Gasteiger partial charge on any atom is 0.268 e. The molecule has 9 heteroatoms. The summed E-state index contributed by atoms with van der Waals surface area (Å²) in [6.45, 7) is 4.41. The molecule has 0 heterocycles. The van der Waals surface area contributed by atoms with E-state index in [1.165, 1.54) is 38.5 Å². The first-order valence-corrected chi connectivity index (χ1v) is 20.9. The molecule has 0 aromatic carbocycles. The zero-order valence-corrected chi connectivity index (χ0v) is 33.7. The van der Waals surface area contributed by atoms with Gasteiger partial charge in [-0.05, 0) is 57.8 Å². The molecule has 2 N–H and O–H groups in total. The molecule has 0 saturated carbocycles. The smallest absolute Gasteiger partial charge is 0.268 e. The summed E-state index contributed by atoms with van der Waals surface area (Å²) in [6, 6.07) is -0.929. The predicted molar refractivity (Wildman–Crippen MR) is 214 cm³/mol. The minimum Gasteiger partial charge on any atom is -0.756 e. The Bertz CT molecular complexity index is 1100. The van der Waals surface area contributed by atoms with Gasteiger partial charge in [0.2, 0.25) is 5.91 Å². The van der Waals surface area contributed by atoms with Gasteiger partial charge in [0, 0.05) is 6.42 Å². The highest BCUT2D eigenvalue weighted by atomic mass is 31.2. The number of amides is 1. The lowest BCUT2D eigenvalue weighted by atomic mass is 10.1. The highest BCUT2D eigenvalue weighted by Crippen LogP contribution is 2.38. The summed E-state index contributed by atoms with van der Waals surface area (Å²) in [7, 11) is 1.19. The van der Waals surface area contributed by atoms with Gasteiger partial charge in [0.25, 0.3) is 7.82 Å². The predicted octanol–water partition coefficient (Wildman–Crippen LogP) is 9.60. The lowest BCUT2D eigenvalue weighted by Crippen LogP contribution is -2.45. The van der Waals surface area contributed by atoms with E-state index in [9.17, 15) is 19.4 Å². The molecule has 0 bridgehead atoms. The zero-order chi connectivity index (χ0) is 37.9. The second-order valence-electron chi connectivity index (χ2n) is 13.9.